The van der Waals surface area contributed by atoms with Crippen LogP contribution in [0.5, 0.6) is 0 Å². The molecule has 0 amide bonds. The third-order valence-corrected chi connectivity index (χ3v) is 5.43. The predicted octanol–water partition coefficient (Wildman–Crippen LogP) is 3.68. The monoisotopic (exact) mass is 354 g/mol. The van der Waals surface area contributed by atoms with Gasteiger partial charge in [-0.25, -0.2) is 0 Å². The molecule has 0 saturated carbocycles. The zero-order valence-electron chi connectivity index (χ0n) is 11.6. The van der Waals surface area contributed by atoms with Gasteiger partial charge in [-0.1, -0.05) is 6.42 Å². The van der Waals surface area contributed by atoms with Gasteiger partial charge >= 0.3 is 0 Å². The number of nitrogens with one attached hydrogen (secondary N) is 1. The average molecular weight is 355 g/mol. The molecule has 0 bridgehead atoms. The summed E-state index contributed by atoms with van der Waals surface area (Å²) >= 11 is 5.26. The van der Waals surface area contributed by atoms with Crippen LogP contribution in [0.2, 0.25) is 0 Å². The number of aromatic nitrogens is 3. The third kappa shape index (κ3) is 3.13. The van der Waals surface area contributed by atoms with Crippen LogP contribution in [0.3, 0.4) is 0 Å². The molecule has 0 saturated heterocycles. The highest BCUT2D eigenvalue weighted by Crippen LogP contribution is 2.22. The van der Waals surface area contributed by atoms with Gasteiger partial charge in [0.05, 0.1) is 6.04 Å². The van der Waals surface area contributed by atoms with Gasteiger partial charge in [-0.2, -0.15) is 0 Å². The lowest BCUT2D eigenvalue weighted by Crippen LogP contribution is -2.22. The van der Waals surface area contributed by atoms with Crippen molar-refractivity contribution >= 4 is 27.3 Å². The summed E-state index contributed by atoms with van der Waals surface area (Å²) in [5.41, 5.74) is 0. The summed E-state index contributed by atoms with van der Waals surface area (Å²) in [5.74, 6) is 2.24. The standard InChI is InChI=1S/C14H19BrN4S/c1-10(16-8-12-7-11(15)9-20-12)14-18-17-13-5-3-2-4-6-19(13)14/h7,9-10,16H,2-6,8H2,1H3. The summed E-state index contributed by atoms with van der Waals surface area (Å²) in [5, 5.41) is 14.4. The molecular weight excluding hydrogens is 336 g/mol. The fourth-order valence-electron chi connectivity index (χ4n) is 2.62. The summed E-state index contributed by atoms with van der Waals surface area (Å²) in [7, 11) is 0. The number of fused-ring (bicyclic) bond motifs is 1. The van der Waals surface area contributed by atoms with E-state index in [0.29, 0.717) is 0 Å². The van der Waals surface area contributed by atoms with Crippen molar-refractivity contribution in [2.24, 2.45) is 0 Å². The van der Waals surface area contributed by atoms with E-state index >= 15 is 0 Å². The predicted molar refractivity (Wildman–Crippen MR) is 84.9 cm³/mol. The van der Waals surface area contributed by atoms with E-state index in [-0.39, 0.29) is 6.04 Å². The SMILES string of the molecule is CC(NCc1cc(Br)cs1)c1nnc2n1CCCCC2. The number of hydrogen-bond donors (Lipinski definition) is 1. The third-order valence-electron chi connectivity index (χ3n) is 3.73. The van der Waals surface area contributed by atoms with Crippen molar-refractivity contribution in [1.29, 1.82) is 0 Å². The van der Waals surface area contributed by atoms with Crippen LogP contribution in [0.15, 0.2) is 15.9 Å². The average Bonchev–Trinajstić information content (AvgIpc) is 2.96. The molecule has 0 radical (unpaired) electrons. The number of nitrogens with zero attached hydrogens (tertiary/aromatic N) is 3. The largest absolute Gasteiger partial charge is 0.314 e. The quantitative estimate of drug-likeness (QED) is 0.910. The smallest absolute Gasteiger partial charge is 0.149 e. The van der Waals surface area contributed by atoms with E-state index in [2.05, 4.69) is 54.4 Å². The van der Waals surface area contributed by atoms with Gasteiger partial charge in [0.15, 0.2) is 0 Å². The minimum Gasteiger partial charge on any atom is -0.314 e. The second-order valence-electron chi connectivity index (χ2n) is 5.27. The molecule has 1 unspecified atom stereocenters. The van der Waals surface area contributed by atoms with Crippen LogP contribution in [0.4, 0.5) is 0 Å². The van der Waals surface area contributed by atoms with Gasteiger partial charge in [0.1, 0.15) is 11.6 Å². The molecule has 6 heteroatoms. The first-order chi connectivity index (χ1) is 9.74. The summed E-state index contributed by atoms with van der Waals surface area (Å²) in [4.78, 5) is 1.33. The minimum atomic E-state index is 0.232. The molecule has 4 nitrogen and oxygen atoms in total. The summed E-state index contributed by atoms with van der Waals surface area (Å²) in [6.45, 7) is 4.11. The maximum Gasteiger partial charge on any atom is 0.149 e. The lowest BCUT2D eigenvalue weighted by Gasteiger charge is -2.14. The lowest BCUT2D eigenvalue weighted by atomic mass is 10.2. The van der Waals surface area contributed by atoms with E-state index in [4.69, 9.17) is 0 Å². The highest BCUT2D eigenvalue weighted by molar-refractivity contribution is 9.10. The highest BCUT2D eigenvalue weighted by Gasteiger charge is 2.18. The van der Waals surface area contributed by atoms with Crippen LogP contribution in [-0.4, -0.2) is 14.8 Å². The molecule has 1 N–H and O–H groups in total. The molecule has 0 aliphatic carbocycles. The molecule has 108 valence electrons. The van der Waals surface area contributed by atoms with E-state index < -0.39 is 0 Å². The Balaban J connectivity index is 1.68. The number of halogens is 1. The molecule has 20 heavy (non-hydrogen) atoms. The fourth-order valence-corrected chi connectivity index (χ4v) is 4.02. The van der Waals surface area contributed by atoms with E-state index in [0.717, 1.165) is 35.6 Å². The van der Waals surface area contributed by atoms with Crippen LogP contribution in [0, 0.1) is 0 Å². The van der Waals surface area contributed by atoms with Crippen molar-refractivity contribution in [1.82, 2.24) is 20.1 Å². The first-order valence-electron chi connectivity index (χ1n) is 7.12. The topological polar surface area (TPSA) is 42.7 Å². The molecule has 3 heterocycles. The molecule has 0 fully saturated rings. The first kappa shape index (κ1) is 14.2. The molecule has 1 aliphatic rings. The molecule has 1 atom stereocenters. The summed E-state index contributed by atoms with van der Waals surface area (Å²) < 4.78 is 3.47. The molecule has 0 spiro atoms. The Bertz CT molecular complexity index is 577. The van der Waals surface area contributed by atoms with Crippen molar-refractivity contribution in [2.75, 3.05) is 0 Å². The fraction of sp³-hybridized carbons (Fsp3) is 0.571. The molecular formula is C14H19BrN4S. The number of hydrogen-bond acceptors (Lipinski definition) is 4. The molecule has 2 aromatic rings. The number of aryl methyl sites for hydroxylation is 1. The second kappa shape index (κ2) is 6.37. The van der Waals surface area contributed by atoms with E-state index in [1.807, 2.05) is 0 Å². The Hall–Kier alpha value is -0.720. The summed E-state index contributed by atoms with van der Waals surface area (Å²) in [6, 6.07) is 2.39. The van der Waals surface area contributed by atoms with Crippen molar-refractivity contribution < 1.29 is 0 Å². The molecule has 0 aromatic carbocycles. The van der Waals surface area contributed by atoms with Crippen LogP contribution in [0.25, 0.3) is 0 Å². The molecule has 3 rings (SSSR count). The Morgan fingerprint density at radius 1 is 1.40 bits per heavy atom. The van der Waals surface area contributed by atoms with Gasteiger partial charge in [-0.05, 0) is 41.8 Å². The van der Waals surface area contributed by atoms with Crippen LogP contribution in [-0.2, 0) is 19.5 Å². The first-order valence-corrected chi connectivity index (χ1v) is 8.79. The van der Waals surface area contributed by atoms with Gasteiger partial charge in [-0.3, -0.25) is 0 Å². The number of rotatable bonds is 4. The van der Waals surface area contributed by atoms with Crippen LogP contribution in [0.1, 0.15) is 48.8 Å². The van der Waals surface area contributed by atoms with Crippen molar-refractivity contribution in [3.05, 3.63) is 32.4 Å². The maximum atomic E-state index is 4.40. The van der Waals surface area contributed by atoms with E-state index in [1.165, 1.54) is 24.1 Å². The zero-order chi connectivity index (χ0) is 13.9. The van der Waals surface area contributed by atoms with E-state index in [1.54, 1.807) is 11.3 Å². The van der Waals surface area contributed by atoms with Crippen molar-refractivity contribution in [3.63, 3.8) is 0 Å². The molecule has 2 aromatic heterocycles. The van der Waals surface area contributed by atoms with Gasteiger partial charge in [0, 0.05) is 34.2 Å². The van der Waals surface area contributed by atoms with Crippen molar-refractivity contribution in [3.8, 4) is 0 Å². The minimum absolute atomic E-state index is 0.232. The van der Waals surface area contributed by atoms with Gasteiger partial charge in [0.25, 0.3) is 0 Å². The Labute approximate surface area is 131 Å². The maximum absolute atomic E-state index is 4.40. The highest BCUT2D eigenvalue weighted by atomic mass is 79.9. The Morgan fingerprint density at radius 2 is 2.30 bits per heavy atom. The normalized spacial score (nSPS) is 16.7. The Morgan fingerprint density at radius 3 is 3.10 bits per heavy atom. The van der Waals surface area contributed by atoms with Crippen LogP contribution < -0.4 is 5.32 Å². The van der Waals surface area contributed by atoms with Gasteiger partial charge in [-0.15, -0.1) is 21.5 Å². The van der Waals surface area contributed by atoms with Crippen LogP contribution >= 0.6 is 27.3 Å². The molecule has 1 aliphatic heterocycles. The van der Waals surface area contributed by atoms with E-state index in [9.17, 15) is 0 Å². The Kier molecular flexibility index (Phi) is 4.53. The summed E-state index contributed by atoms with van der Waals surface area (Å²) in [6.07, 6.45) is 4.84. The second-order valence-corrected chi connectivity index (χ2v) is 7.18. The number of thiophene rings is 1. The lowest BCUT2D eigenvalue weighted by molar-refractivity contribution is 0.504. The van der Waals surface area contributed by atoms with Gasteiger partial charge in [0.2, 0.25) is 0 Å². The van der Waals surface area contributed by atoms with Gasteiger partial charge < -0.3 is 9.88 Å². The van der Waals surface area contributed by atoms with Crippen molar-refractivity contribution in [2.45, 2.75) is 51.7 Å². The zero-order valence-corrected chi connectivity index (χ0v) is 14.0.